The molecule has 1 unspecified atom stereocenters. The molecule has 0 aliphatic heterocycles. The molecule has 2 N–H and O–H groups in total. The van der Waals surface area contributed by atoms with Crippen LogP contribution in [0.3, 0.4) is 0 Å². The molecule has 0 aromatic heterocycles. The summed E-state index contributed by atoms with van der Waals surface area (Å²) in [6, 6.07) is 7.07. The third-order valence-corrected chi connectivity index (χ3v) is 1.98. The second-order valence-electron chi connectivity index (χ2n) is 2.94. The van der Waals surface area contributed by atoms with E-state index in [1.165, 1.54) is 7.11 Å². The standard InChI is InChI=1S/C11H15NO3/c1-3-15-9-7-5-4-6-8(9)10(13)11(12)14-2/h4-7,10,12-13H,3H2,1-2H3. The van der Waals surface area contributed by atoms with Crippen LogP contribution in [-0.2, 0) is 4.74 Å². The van der Waals surface area contributed by atoms with Gasteiger partial charge in [-0.1, -0.05) is 18.2 Å². The third-order valence-electron chi connectivity index (χ3n) is 1.98. The monoisotopic (exact) mass is 209 g/mol. The van der Waals surface area contributed by atoms with E-state index in [2.05, 4.69) is 4.74 Å². The number of aliphatic hydroxyl groups is 1. The number of methoxy groups -OCH3 is 1. The van der Waals surface area contributed by atoms with E-state index in [9.17, 15) is 5.11 Å². The number of hydrogen-bond donors (Lipinski definition) is 2. The molecule has 0 aliphatic carbocycles. The lowest BCUT2D eigenvalue weighted by molar-refractivity contribution is 0.199. The van der Waals surface area contributed by atoms with Crippen LogP contribution in [0.4, 0.5) is 0 Å². The van der Waals surface area contributed by atoms with Gasteiger partial charge in [0.15, 0.2) is 6.10 Å². The van der Waals surface area contributed by atoms with Crippen LogP contribution in [0.1, 0.15) is 18.6 Å². The minimum absolute atomic E-state index is 0.192. The minimum atomic E-state index is -1.07. The molecule has 0 bridgehead atoms. The van der Waals surface area contributed by atoms with Gasteiger partial charge >= 0.3 is 0 Å². The van der Waals surface area contributed by atoms with E-state index in [0.717, 1.165) is 0 Å². The Bertz CT molecular complexity index is 338. The van der Waals surface area contributed by atoms with E-state index in [0.29, 0.717) is 17.9 Å². The Balaban J connectivity index is 2.96. The van der Waals surface area contributed by atoms with Gasteiger partial charge in [0, 0.05) is 5.56 Å². The minimum Gasteiger partial charge on any atom is -0.493 e. The highest BCUT2D eigenvalue weighted by atomic mass is 16.5. The smallest absolute Gasteiger partial charge is 0.214 e. The molecule has 0 saturated carbocycles. The van der Waals surface area contributed by atoms with Crippen molar-refractivity contribution in [2.45, 2.75) is 13.0 Å². The molecule has 15 heavy (non-hydrogen) atoms. The Morgan fingerprint density at radius 3 is 2.73 bits per heavy atom. The van der Waals surface area contributed by atoms with E-state index >= 15 is 0 Å². The first kappa shape index (κ1) is 11.5. The van der Waals surface area contributed by atoms with Gasteiger partial charge in [0.25, 0.3) is 0 Å². The van der Waals surface area contributed by atoms with Crippen LogP contribution in [0.2, 0.25) is 0 Å². The molecule has 0 spiro atoms. The summed E-state index contributed by atoms with van der Waals surface area (Å²) in [4.78, 5) is 0. The lowest BCUT2D eigenvalue weighted by Gasteiger charge is -2.15. The van der Waals surface area contributed by atoms with E-state index < -0.39 is 6.10 Å². The summed E-state index contributed by atoms with van der Waals surface area (Å²) in [5, 5.41) is 17.1. The summed E-state index contributed by atoms with van der Waals surface area (Å²) in [5.74, 6) is 0.386. The number of para-hydroxylation sites is 1. The Morgan fingerprint density at radius 1 is 1.47 bits per heavy atom. The van der Waals surface area contributed by atoms with Crippen molar-refractivity contribution in [3.05, 3.63) is 29.8 Å². The Morgan fingerprint density at radius 2 is 2.13 bits per heavy atom. The highest BCUT2D eigenvalue weighted by Crippen LogP contribution is 2.25. The van der Waals surface area contributed by atoms with Gasteiger partial charge in [-0.05, 0) is 13.0 Å². The predicted molar refractivity (Wildman–Crippen MR) is 57.3 cm³/mol. The number of nitrogens with one attached hydrogen (secondary N) is 1. The number of aliphatic hydroxyl groups excluding tert-OH is 1. The predicted octanol–water partition coefficient (Wildman–Crippen LogP) is 1.74. The van der Waals surface area contributed by atoms with Gasteiger partial charge in [0.2, 0.25) is 5.90 Å². The summed E-state index contributed by atoms with van der Waals surface area (Å²) in [6.45, 7) is 2.38. The zero-order valence-electron chi connectivity index (χ0n) is 8.86. The first-order valence-corrected chi connectivity index (χ1v) is 4.73. The van der Waals surface area contributed by atoms with Gasteiger partial charge in [-0.3, -0.25) is 5.41 Å². The first-order chi connectivity index (χ1) is 7.20. The fourth-order valence-electron chi connectivity index (χ4n) is 1.25. The largest absolute Gasteiger partial charge is 0.493 e. The Labute approximate surface area is 89.0 Å². The summed E-state index contributed by atoms with van der Waals surface area (Å²) in [5.41, 5.74) is 0.547. The second kappa shape index (κ2) is 5.36. The molecule has 0 fully saturated rings. The van der Waals surface area contributed by atoms with Gasteiger partial charge in [-0.2, -0.15) is 0 Å². The van der Waals surface area contributed by atoms with Crippen LogP contribution in [0.5, 0.6) is 5.75 Å². The molecule has 1 atom stereocenters. The molecule has 0 heterocycles. The van der Waals surface area contributed by atoms with Gasteiger partial charge in [-0.15, -0.1) is 0 Å². The van der Waals surface area contributed by atoms with Crippen LogP contribution >= 0.6 is 0 Å². The SMILES string of the molecule is CCOc1ccccc1C(O)C(=N)OC. The molecule has 4 nitrogen and oxygen atoms in total. The van der Waals surface area contributed by atoms with E-state index in [-0.39, 0.29) is 5.90 Å². The molecule has 1 aromatic rings. The van der Waals surface area contributed by atoms with Crippen molar-refractivity contribution < 1.29 is 14.6 Å². The molecule has 0 aliphatic rings. The van der Waals surface area contributed by atoms with E-state index in [1.807, 2.05) is 13.0 Å². The lowest BCUT2D eigenvalue weighted by atomic mass is 10.1. The third kappa shape index (κ3) is 2.70. The van der Waals surface area contributed by atoms with Gasteiger partial charge in [-0.25, -0.2) is 0 Å². The van der Waals surface area contributed by atoms with Gasteiger partial charge < -0.3 is 14.6 Å². The highest BCUT2D eigenvalue weighted by molar-refractivity contribution is 5.79. The summed E-state index contributed by atoms with van der Waals surface area (Å²) in [7, 11) is 1.36. The van der Waals surface area contributed by atoms with Crippen LogP contribution in [0.15, 0.2) is 24.3 Å². The zero-order chi connectivity index (χ0) is 11.3. The number of hydrogen-bond acceptors (Lipinski definition) is 4. The van der Waals surface area contributed by atoms with Crippen molar-refractivity contribution in [3.8, 4) is 5.75 Å². The van der Waals surface area contributed by atoms with Crippen molar-refractivity contribution in [2.24, 2.45) is 0 Å². The zero-order valence-corrected chi connectivity index (χ0v) is 8.86. The van der Waals surface area contributed by atoms with Crippen LogP contribution in [0.25, 0.3) is 0 Å². The summed E-state index contributed by atoms with van der Waals surface area (Å²) < 4.78 is 10.0. The Hall–Kier alpha value is -1.55. The van der Waals surface area contributed by atoms with Crippen molar-refractivity contribution in [1.29, 1.82) is 5.41 Å². The van der Waals surface area contributed by atoms with Crippen LogP contribution in [-0.4, -0.2) is 24.7 Å². The molecule has 4 heteroatoms. The molecule has 1 aromatic carbocycles. The second-order valence-corrected chi connectivity index (χ2v) is 2.94. The van der Waals surface area contributed by atoms with Crippen LogP contribution < -0.4 is 4.74 Å². The lowest BCUT2D eigenvalue weighted by Crippen LogP contribution is -2.14. The maximum Gasteiger partial charge on any atom is 0.214 e. The van der Waals surface area contributed by atoms with Crippen molar-refractivity contribution in [1.82, 2.24) is 0 Å². The average Bonchev–Trinajstić information content (AvgIpc) is 2.28. The highest BCUT2D eigenvalue weighted by Gasteiger charge is 2.18. The quantitative estimate of drug-likeness (QED) is 0.586. The first-order valence-electron chi connectivity index (χ1n) is 4.73. The number of rotatable bonds is 4. The summed E-state index contributed by atoms with van der Waals surface area (Å²) in [6.07, 6.45) is -1.07. The molecular weight excluding hydrogens is 194 g/mol. The molecule has 0 saturated heterocycles. The van der Waals surface area contributed by atoms with Gasteiger partial charge in [0.05, 0.1) is 13.7 Å². The van der Waals surface area contributed by atoms with Gasteiger partial charge in [0.1, 0.15) is 5.75 Å². The fourth-order valence-corrected chi connectivity index (χ4v) is 1.25. The maximum atomic E-state index is 9.77. The molecule has 1 rings (SSSR count). The average molecular weight is 209 g/mol. The van der Waals surface area contributed by atoms with Crippen molar-refractivity contribution >= 4 is 5.90 Å². The summed E-state index contributed by atoms with van der Waals surface area (Å²) >= 11 is 0. The normalized spacial score (nSPS) is 11.9. The number of ether oxygens (including phenoxy) is 2. The fraction of sp³-hybridized carbons (Fsp3) is 0.364. The Kier molecular flexibility index (Phi) is 4.12. The molecular formula is C11H15NO3. The van der Waals surface area contributed by atoms with Crippen molar-refractivity contribution in [2.75, 3.05) is 13.7 Å². The molecule has 0 radical (unpaired) electrons. The van der Waals surface area contributed by atoms with E-state index in [1.54, 1.807) is 18.2 Å². The maximum absolute atomic E-state index is 9.77. The number of benzene rings is 1. The molecule has 82 valence electrons. The topological polar surface area (TPSA) is 62.5 Å². The van der Waals surface area contributed by atoms with Crippen LogP contribution in [0, 0.1) is 5.41 Å². The van der Waals surface area contributed by atoms with E-state index in [4.69, 9.17) is 10.1 Å². The van der Waals surface area contributed by atoms with Crippen molar-refractivity contribution in [3.63, 3.8) is 0 Å². The molecule has 0 amide bonds.